The fourth-order valence-electron chi connectivity index (χ4n) is 1.18. The van der Waals surface area contributed by atoms with Gasteiger partial charge in [-0.15, -0.1) is 11.3 Å². The number of nitrogens with zero attached hydrogens (tertiary/aromatic N) is 1. The van der Waals surface area contributed by atoms with Crippen molar-refractivity contribution in [3.05, 3.63) is 16.6 Å². The van der Waals surface area contributed by atoms with Gasteiger partial charge in [0.1, 0.15) is 0 Å². The summed E-state index contributed by atoms with van der Waals surface area (Å²) in [4.78, 5) is 26.1. The molecule has 0 radical (unpaired) electrons. The van der Waals surface area contributed by atoms with Crippen LogP contribution in [0.15, 0.2) is 10.9 Å². The molecule has 0 aromatic carbocycles. The smallest absolute Gasteiger partial charge is 0.315 e. The summed E-state index contributed by atoms with van der Waals surface area (Å²) < 4.78 is 0. The van der Waals surface area contributed by atoms with Gasteiger partial charge in [0.05, 0.1) is 23.7 Å². The Morgan fingerprint density at radius 3 is 2.82 bits per heavy atom. The van der Waals surface area contributed by atoms with Crippen LogP contribution >= 0.6 is 11.3 Å². The van der Waals surface area contributed by atoms with Crippen molar-refractivity contribution in [2.24, 2.45) is 5.92 Å². The largest absolute Gasteiger partial charge is 0.481 e. The van der Waals surface area contributed by atoms with E-state index in [1.54, 1.807) is 12.4 Å². The highest BCUT2D eigenvalue weighted by molar-refractivity contribution is 7.07. The van der Waals surface area contributed by atoms with Crippen LogP contribution in [0.5, 0.6) is 0 Å². The van der Waals surface area contributed by atoms with Crippen LogP contribution in [0.2, 0.25) is 0 Å². The molecule has 1 atom stereocenters. The van der Waals surface area contributed by atoms with E-state index < -0.39 is 11.9 Å². The van der Waals surface area contributed by atoms with E-state index in [4.69, 9.17) is 5.11 Å². The lowest BCUT2D eigenvalue weighted by molar-refractivity contribution is -0.141. The van der Waals surface area contributed by atoms with Gasteiger partial charge in [-0.3, -0.25) is 4.79 Å². The molecule has 0 saturated heterocycles. The van der Waals surface area contributed by atoms with Gasteiger partial charge in [-0.25, -0.2) is 9.78 Å². The van der Waals surface area contributed by atoms with Crippen molar-refractivity contribution >= 4 is 23.3 Å². The second-order valence-corrected chi connectivity index (χ2v) is 4.21. The third-order valence-electron chi connectivity index (χ3n) is 2.26. The molecule has 6 nitrogen and oxygen atoms in total. The molecule has 0 saturated carbocycles. The number of aliphatic carboxylic acids is 1. The Kier molecular flexibility index (Phi) is 5.41. The van der Waals surface area contributed by atoms with Crippen molar-refractivity contribution in [1.29, 1.82) is 0 Å². The molecule has 1 rings (SSSR count). The van der Waals surface area contributed by atoms with Crippen molar-refractivity contribution in [2.75, 3.05) is 6.54 Å². The molecular weight excluding hydrogens is 242 g/mol. The van der Waals surface area contributed by atoms with Crippen LogP contribution in [-0.4, -0.2) is 28.6 Å². The van der Waals surface area contributed by atoms with Crippen LogP contribution < -0.4 is 10.6 Å². The first-order chi connectivity index (χ1) is 8.13. The molecule has 1 aromatic rings. The Bertz CT molecular complexity index is 367. The van der Waals surface area contributed by atoms with Crippen LogP contribution in [0.1, 0.15) is 19.0 Å². The molecule has 1 unspecified atom stereocenters. The van der Waals surface area contributed by atoms with Gasteiger partial charge in [0.2, 0.25) is 0 Å². The van der Waals surface area contributed by atoms with E-state index in [-0.39, 0.29) is 12.6 Å². The third kappa shape index (κ3) is 4.81. The second-order valence-electron chi connectivity index (χ2n) is 3.49. The van der Waals surface area contributed by atoms with Crippen LogP contribution in [0.25, 0.3) is 0 Å². The van der Waals surface area contributed by atoms with Gasteiger partial charge in [0, 0.05) is 11.9 Å². The topological polar surface area (TPSA) is 91.3 Å². The molecule has 17 heavy (non-hydrogen) atoms. The second kappa shape index (κ2) is 6.85. The van der Waals surface area contributed by atoms with Crippen molar-refractivity contribution in [1.82, 2.24) is 15.6 Å². The van der Waals surface area contributed by atoms with Gasteiger partial charge in [0.15, 0.2) is 0 Å². The van der Waals surface area contributed by atoms with E-state index in [0.29, 0.717) is 13.0 Å². The number of carboxylic acids is 1. The van der Waals surface area contributed by atoms with Crippen molar-refractivity contribution in [2.45, 2.75) is 19.9 Å². The molecular formula is C10H15N3O3S. The normalized spacial score (nSPS) is 11.8. The van der Waals surface area contributed by atoms with Gasteiger partial charge >= 0.3 is 12.0 Å². The van der Waals surface area contributed by atoms with E-state index in [2.05, 4.69) is 15.6 Å². The molecule has 0 spiro atoms. The summed E-state index contributed by atoms with van der Waals surface area (Å²) in [5.41, 5.74) is 2.47. The average molecular weight is 257 g/mol. The van der Waals surface area contributed by atoms with Gasteiger partial charge in [-0.2, -0.15) is 0 Å². The fraction of sp³-hybridized carbons (Fsp3) is 0.500. The lowest BCUT2D eigenvalue weighted by Gasteiger charge is -2.11. The van der Waals surface area contributed by atoms with E-state index >= 15 is 0 Å². The predicted octanol–water partition coefficient (Wildman–Crippen LogP) is 1.05. The number of hydrogen-bond acceptors (Lipinski definition) is 4. The highest BCUT2D eigenvalue weighted by atomic mass is 32.1. The SMILES string of the molecule is CCC(CNC(=O)NCc1cscn1)C(=O)O. The summed E-state index contributed by atoms with van der Waals surface area (Å²) in [5.74, 6) is -1.44. The summed E-state index contributed by atoms with van der Waals surface area (Å²) in [6.45, 7) is 2.25. The maximum absolute atomic E-state index is 11.3. The number of carboxylic acid groups (broad SMARTS) is 1. The first kappa shape index (κ1) is 13.4. The Balaban J connectivity index is 2.23. The van der Waals surface area contributed by atoms with Crippen molar-refractivity contribution < 1.29 is 14.7 Å². The molecule has 2 amide bonds. The summed E-state index contributed by atoms with van der Waals surface area (Å²) in [5, 5.41) is 15.8. The molecule has 0 aliphatic rings. The van der Waals surface area contributed by atoms with Gasteiger partial charge in [-0.05, 0) is 6.42 Å². The average Bonchev–Trinajstić information content (AvgIpc) is 2.79. The maximum Gasteiger partial charge on any atom is 0.315 e. The van der Waals surface area contributed by atoms with Crippen molar-refractivity contribution in [3.63, 3.8) is 0 Å². The molecule has 94 valence electrons. The van der Waals surface area contributed by atoms with Crippen LogP contribution in [0.3, 0.4) is 0 Å². The number of rotatable bonds is 6. The predicted molar refractivity (Wildman–Crippen MR) is 63.8 cm³/mol. The Labute approximate surface area is 103 Å². The number of nitrogens with one attached hydrogen (secondary N) is 2. The van der Waals surface area contributed by atoms with E-state index in [1.165, 1.54) is 11.3 Å². The molecule has 7 heteroatoms. The summed E-state index contributed by atoms with van der Waals surface area (Å²) >= 11 is 1.46. The van der Waals surface area contributed by atoms with Gasteiger partial charge in [-0.1, -0.05) is 6.92 Å². The van der Waals surface area contributed by atoms with Gasteiger partial charge in [0.25, 0.3) is 0 Å². The molecule has 1 heterocycles. The Morgan fingerprint density at radius 1 is 1.53 bits per heavy atom. The summed E-state index contributed by atoms with van der Waals surface area (Å²) in [6.07, 6.45) is 0.488. The first-order valence-electron chi connectivity index (χ1n) is 5.25. The van der Waals surface area contributed by atoms with Crippen LogP contribution in [0.4, 0.5) is 4.79 Å². The first-order valence-corrected chi connectivity index (χ1v) is 6.19. The number of carbonyl (C=O) groups is 2. The summed E-state index contributed by atoms with van der Waals surface area (Å²) in [6, 6.07) is -0.377. The highest BCUT2D eigenvalue weighted by Gasteiger charge is 2.15. The number of amides is 2. The molecule has 0 aliphatic heterocycles. The molecule has 0 aliphatic carbocycles. The molecule has 1 aromatic heterocycles. The van der Waals surface area contributed by atoms with E-state index in [0.717, 1.165) is 5.69 Å². The quantitative estimate of drug-likeness (QED) is 0.710. The minimum atomic E-state index is -0.896. The minimum Gasteiger partial charge on any atom is -0.481 e. The number of carbonyl (C=O) groups excluding carboxylic acids is 1. The standard InChI is InChI=1S/C10H15N3O3S/c1-2-7(9(14)15)3-11-10(16)12-4-8-5-17-6-13-8/h5-7H,2-4H2,1H3,(H,14,15)(H2,11,12,16). The number of urea groups is 1. The lowest BCUT2D eigenvalue weighted by atomic mass is 10.1. The highest BCUT2D eigenvalue weighted by Crippen LogP contribution is 2.01. The third-order valence-corrected chi connectivity index (χ3v) is 2.90. The fourth-order valence-corrected chi connectivity index (χ4v) is 1.74. The zero-order valence-corrected chi connectivity index (χ0v) is 10.3. The van der Waals surface area contributed by atoms with Gasteiger partial charge < -0.3 is 15.7 Å². The lowest BCUT2D eigenvalue weighted by Crippen LogP contribution is -2.39. The van der Waals surface area contributed by atoms with E-state index in [9.17, 15) is 9.59 Å². The summed E-state index contributed by atoms with van der Waals surface area (Å²) in [7, 11) is 0. The number of thiazole rings is 1. The zero-order valence-electron chi connectivity index (χ0n) is 9.47. The van der Waals surface area contributed by atoms with Crippen LogP contribution in [-0.2, 0) is 11.3 Å². The number of aromatic nitrogens is 1. The number of hydrogen-bond donors (Lipinski definition) is 3. The van der Waals surface area contributed by atoms with Crippen LogP contribution in [0, 0.1) is 5.92 Å². The van der Waals surface area contributed by atoms with E-state index in [1.807, 2.05) is 5.38 Å². The maximum atomic E-state index is 11.3. The Hall–Kier alpha value is -1.63. The monoisotopic (exact) mass is 257 g/mol. The zero-order chi connectivity index (χ0) is 12.7. The minimum absolute atomic E-state index is 0.134. The van der Waals surface area contributed by atoms with Crippen molar-refractivity contribution in [3.8, 4) is 0 Å². The Morgan fingerprint density at radius 2 is 2.29 bits per heavy atom. The molecule has 3 N–H and O–H groups in total. The molecule has 0 fully saturated rings. The molecule has 0 bridgehead atoms.